The fourth-order valence-corrected chi connectivity index (χ4v) is 3.32. The standard InChI is InChI=1S/C17H25ClN2O3/c1-2-14-10-16(17(20(21)22)11-15(14)18)19-8-9-23-12-13-6-4-3-5-7-13/h10-11,13,19H,2-9,12H2,1H3. The summed E-state index contributed by atoms with van der Waals surface area (Å²) >= 11 is 6.06. The van der Waals surface area contributed by atoms with Crippen molar-refractivity contribution in [3.63, 3.8) is 0 Å². The molecule has 0 amide bonds. The van der Waals surface area contributed by atoms with E-state index in [1.165, 1.54) is 38.2 Å². The molecule has 128 valence electrons. The minimum atomic E-state index is -0.406. The van der Waals surface area contributed by atoms with E-state index in [0.717, 1.165) is 18.6 Å². The number of nitro benzene ring substituents is 1. The Morgan fingerprint density at radius 3 is 2.74 bits per heavy atom. The van der Waals surface area contributed by atoms with Gasteiger partial charge in [0, 0.05) is 19.2 Å². The van der Waals surface area contributed by atoms with E-state index in [-0.39, 0.29) is 5.69 Å². The molecule has 1 fully saturated rings. The normalized spacial score (nSPS) is 15.6. The molecule has 23 heavy (non-hydrogen) atoms. The number of hydrogen-bond acceptors (Lipinski definition) is 4. The third-order valence-corrected chi connectivity index (χ3v) is 4.73. The molecule has 0 aromatic heterocycles. The maximum absolute atomic E-state index is 11.1. The summed E-state index contributed by atoms with van der Waals surface area (Å²) in [4.78, 5) is 10.7. The van der Waals surface area contributed by atoms with Crippen molar-refractivity contribution in [3.05, 3.63) is 32.8 Å². The minimum Gasteiger partial charge on any atom is -0.379 e. The molecule has 0 spiro atoms. The largest absolute Gasteiger partial charge is 0.379 e. The Kier molecular flexibility index (Phi) is 7.12. The Hall–Kier alpha value is -1.33. The van der Waals surface area contributed by atoms with E-state index < -0.39 is 4.92 Å². The van der Waals surface area contributed by atoms with Crippen LogP contribution in [-0.2, 0) is 11.2 Å². The van der Waals surface area contributed by atoms with E-state index in [9.17, 15) is 10.1 Å². The van der Waals surface area contributed by atoms with Gasteiger partial charge in [-0.2, -0.15) is 0 Å². The van der Waals surface area contributed by atoms with Gasteiger partial charge in [0.2, 0.25) is 0 Å². The van der Waals surface area contributed by atoms with Gasteiger partial charge in [-0.15, -0.1) is 0 Å². The number of halogens is 1. The van der Waals surface area contributed by atoms with Crippen LogP contribution in [0.1, 0.15) is 44.6 Å². The lowest BCUT2D eigenvalue weighted by Crippen LogP contribution is -2.17. The summed E-state index contributed by atoms with van der Waals surface area (Å²) in [5.74, 6) is 0.681. The number of nitrogens with one attached hydrogen (secondary N) is 1. The van der Waals surface area contributed by atoms with Crippen LogP contribution in [0, 0.1) is 16.0 Å². The zero-order valence-corrected chi connectivity index (χ0v) is 14.4. The molecule has 6 heteroatoms. The molecule has 0 unspecified atom stereocenters. The third-order valence-electron chi connectivity index (χ3n) is 4.38. The smallest absolute Gasteiger partial charge is 0.293 e. The predicted octanol–water partition coefficient (Wildman–Crippen LogP) is 4.82. The van der Waals surface area contributed by atoms with Gasteiger partial charge in [0.05, 0.1) is 16.6 Å². The highest BCUT2D eigenvalue weighted by Crippen LogP contribution is 2.31. The van der Waals surface area contributed by atoms with Crippen molar-refractivity contribution < 1.29 is 9.66 Å². The van der Waals surface area contributed by atoms with Gasteiger partial charge >= 0.3 is 0 Å². The van der Waals surface area contributed by atoms with E-state index in [2.05, 4.69) is 5.32 Å². The summed E-state index contributed by atoms with van der Waals surface area (Å²) in [5, 5.41) is 14.7. The van der Waals surface area contributed by atoms with Crippen molar-refractivity contribution in [1.29, 1.82) is 0 Å². The van der Waals surface area contributed by atoms with Gasteiger partial charge in [-0.05, 0) is 36.8 Å². The van der Waals surface area contributed by atoms with E-state index >= 15 is 0 Å². The van der Waals surface area contributed by atoms with Gasteiger partial charge < -0.3 is 10.1 Å². The van der Waals surface area contributed by atoms with Gasteiger partial charge in [0.15, 0.2) is 0 Å². The molecule has 1 N–H and O–H groups in total. The lowest BCUT2D eigenvalue weighted by atomic mass is 9.90. The number of rotatable bonds is 8. The molecule has 1 aliphatic rings. The first-order chi connectivity index (χ1) is 11.1. The van der Waals surface area contributed by atoms with Crippen LogP contribution in [0.15, 0.2) is 12.1 Å². The quantitative estimate of drug-likeness (QED) is 0.418. The first kappa shape index (κ1) is 18.0. The summed E-state index contributed by atoms with van der Waals surface area (Å²) < 4.78 is 5.72. The van der Waals surface area contributed by atoms with Crippen molar-refractivity contribution in [1.82, 2.24) is 0 Å². The van der Waals surface area contributed by atoms with Gasteiger partial charge in [0.25, 0.3) is 5.69 Å². The second-order valence-corrected chi connectivity index (χ2v) is 6.48. The minimum absolute atomic E-state index is 0.0134. The first-order valence-corrected chi connectivity index (χ1v) is 8.78. The van der Waals surface area contributed by atoms with Crippen LogP contribution in [-0.4, -0.2) is 24.7 Å². The molecule has 0 radical (unpaired) electrons. The van der Waals surface area contributed by atoms with Crippen molar-refractivity contribution in [2.75, 3.05) is 25.1 Å². The van der Waals surface area contributed by atoms with Gasteiger partial charge in [-0.25, -0.2) is 0 Å². The number of nitrogens with zero attached hydrogens (tertiary/aromatic N) is 1. The summed E-state index contributed by atoms with van der Waals surface area (Å²) in [7, 11) is 0. The molecule has 0 heterocycles. The van der Waals surface area contributed by atoms with Crippen molar-refractivity contribution in [2.45, 2.75) is 45.4 Å². The number of nitro groups is 1. The van der Waals surface area contributed by atoms with Gasteiger partial charge in [-0.1, -0.05) is 37.8 Å². The zero-order valence-electron chi connectivity index (χ0n) is 13.6. The molecule has 1 aliphatic carbocycles. The Bertz CT molecular complexity index is 531. The van der Waals surface area contributed by atoms with E-state index in [4.69, 9.17) is 16.3 Å². The van der Waals surface area contributed by atoms with E-state index in [0.29, 0.717) is 29.8 Å². The Morgan fingerprint density at radius 1 is 1.35 bits per heavy atom. The van der Waals surface area contributed by atoms with Gasteiger partial charge in [0.1, 0.15) is 5.69 Å². The second-order valence-electron chi connectivity index (χ2n) is 6.08. The van der Waals surface area contributed by atoms with Crippen LogP contribution in [0.2, 0.25) is 5.02 Å². The van der Waals surface area contributed by atoms with E-state index in [1.54, 1.807) is 6.07 Å². The average Bonchev–Trinajstić information content (AvgIpc) is 2.56. The molecular weight excluding hydrogens is 316 g/mol. The van der Waals surface area contributed by atoms with Crippen molar-refractivity contribution in [3.8, 4) is 0 Å². The molecular formula is C17H25ClN2O3. The van der Waals surface area contributed by atoms with Crippen molar-refractivity contribution in [2.24, 2.45) is 5.92 Å². The first-order valence-electron chi connectivity index (χ1n) is 8.40. The summed E-state index contributed by atoms with van der Waals surface area (Å²) in [6.07, 6.45) is 7.22. The Balaban J connectivity index is 1.83. The van der Waals surface area contributed by atoms with Crippen LogP contribution in [0.5, 0.6) is 0 Å². The summed E-state index contributed by atoms with van der Waals surface area (Å²) in [6.45, 7) is 3.88. The molecule has 0 aliphatic heterocycles. The molecule has 1 aromatic rings. The highest BCUT2D eigenvalue weighted by Gasteiger charge is 2.17. The number of benzene rings is 1. The van der Waals surface area contributed by atoms with Crippen molar-refractivity contribution >= 4 is 23.0 Å². The molecule has 1 saturated carbocycles. The summed E-state index contributed by atoms with van der Waals surface area (Å²) in [5.41, 5.74) is 1.43. The molecule has 0 atom stereocenters. The molecule has 0 bridgehead atoms. The second kappa shape index (κ2) is 9.08. The molecule has 1 aromatic carbocycles. The summed E-state index contributed by atoms with van der Waals surface area (Å²) in [6, 6.07) is 3.19. The SMILES string of the molecule is CCc1cc(NCCOCC2CCCCC2)c([N+](=O)[O-])cc1Cl. The number of aryl methyl sites for hydroxylation is 1. The topological polar surface area (TPSA) is 64.4 Å². The Morgan fingerprint density at radius 2 is 2.09 bits per heavy atom. The van der Waals surface area contributed by atoms with Crippen LogP contribution in [0.4, 0.5) is 11.4 Å². The average molecular weight is 341 g/mol. The van der Waals surface area contributed by atoms with E-state index in [1.807, 2.05) is 6.92 Å². The highest BCUT2D eigenvalue weighted by molar-refractivity contribution is 6.31. The monoisotopic (exact) mass is 340 g/mol. The maximum atomic E-state index is 11.1. The third kappa shape index (κ3) is 5.36. The van der Waals surface area contributed by atoms with Crippen LogP contribution in [0.3, 0.4) is 0 Å². The maximum Gasteiger partial charge on any atom is 0.293 e. The fourth-order valence-electron chi connectivity index (χ4n) is 3.03. The predicted molar refractivity (Wildman–Crippen MR) is 93.4 cm³/mol. The number of hydrogen-bond donors (Lipinski definition) is 1. The number of ether oxygens (including phenoxy) is 1. The lowest BCUT2D eigenvalue weighted by Gasteiger charge is -2.21. The van der Waals surface area contributed by atoms with Crippen LogP contribution >= 0.6 is 11.6 Å². The fraction of sp³-hybridized carbons (Fsp3) is 0.647. The molecule has 5 nitrogen and oxygen atoms in total. The highest BCUT2D eigenvalue weighted by atomic mass is 35.5. The molecule has 0 saturated heterocycles. The van der Waals surface area contributed by atoms with Crippen LogP contribution in [0.25, 0.3) is 0 Å². The Labute approximate surface area is 142 Å². The van der Waals surface area contributed by atoms with Crippen LogP contribution < -0.4 is 5.32 Å². The van der Waals surface area contributed by atoms with Gasteiger partial charge in [-0.3, -0.25) is 10.1 Å². The number of anilines is 1. The lowest BCUT2D eigenvalue weighted by molar-refractivity contribution is -0.384. The zero-order chi connectivity index (χ0) is 16.7. The molecule has 2 rings (SSSR count).